The van der Waals surface area contributed by atoms with Crippen LogP contribution in [0.2, 0.25) is 19.6 Å². The molecule has 0 bridgehead atoms. The van der Waals surface area contributed by atoms with E-state index in [0.29, 0.717) is 0 Å². The SMILES string of the molecule is C[Si](Cl)(Cl)c1ccccc1.C[Si](Cl)(Cl)c1ccccc1.C[Si](Cl)(c1ccccc1)c1ccccc1.Cc1ccccc1.[Cl-].[Cl-].[Cl-].[Mg+2].[Mg+2].[c-]1ccccc1. The van der Waals surface area contributed by atoms with E-state index in [1.54, 1.807) is 0 Å². The maximum absolute atomic E-state index is 6.73. The molecule has 0 aromatic heterocycles. The molecule has 6 rings (SSSR count). The van der Waals surface area contributed by atoms with Crippen molar-refractivity contribution in [3.63, 3.8) is 0 Å². The van der Waals surface area contributed by atoms with Gasteiger partial charge in [-0.15, -0.1) is 44.3 Å². The molecular weight excluding hydrogens is 897 g/mol. The number of hydrogen-bond donors (Lipinski definition) is 0. The molecule has 0 aliphatic heterocycles. The van der Waals surface area contributed by atoms with Crippen LogP contribution in [-0.4, -0.2) is 66.9 Å². The molecule has 0 amide bonds. The Balaban J connectivity index is -0.000000286. The second kappa shape index (κ2) is 32.9. The molecule has 0 nitrogen and oxygen atoms in total. The third-order valence-electron chi connectivity index (χ3n) is 6.74. The predicted molar refractivity (Wildman–Crippen MR) is 236 cm³/mol. The van der Waals surface area contributed by atoms with E-state index in [-0.39, 0.29) is 83.3 Å². The van der Waals surface area contributed by atoms with Crippen LogP contribution in [0.4, 0.5) is 0 Å². The molecule has 0 aliphatic carbocycles. The van der Waals surface area contributed by atoms with Gasteiger partial charge in [0.15, 0.2) is 0 Å². The topological polar surface area (TPSA) is 0 Å². The quantitative estimate of drug-likeness (QED) is 0.142. The number of aryl methyl sites for hydroxylation is 1. The minimum atomic E-state index is -2.09. The first-order valence-electron chi connectivity index (χ1n) is 15.4. The molecule has 0 fully saturated rings. The summed E-state index contributed by atoms with van der Waals surface area (Å²) in [6, 6.07) is 63.0. The molecule has 0 aliphatic rings. The Labute approximate surface area is 395 Å². The van der Waals surface area contributed by atoms with Crippen LogP contribution in [0.15, 0.2) is 182 Å². The van der Waals surface area contributed by atoms with E-state index in [1.807, 2.05) is 159 Å². The third-order valence-corrected chi connectivity index (χ3v) is 16.2. The van der Waals surface area contributed by atoms with E-state index in [2.05, 4.69) is 55.9 Å². The Hall–Kier alpha value is -0.177. The molecular formula is C40H42Cl8Mg2Si3. The van der Waals surface area contributed by atoms with Gasteiger partial charge in [0.1, 0.15) is 0 Å². The van der Waals surface area contributed by atoms with Crippen molar-refractivity contribution >= 4 is 143 Å². The molecule has 274 valence electrons. The summed E-state index contributed by atoms with van der Waals surface area (Å²) in [6.45, 7) is 3.86. The van der Waals surface area contributed by atoms with E-state index < -0.39 is 20.8 Å². The van der Waals surface area contributed by atoms with E-state index in [0.717, 1.165) is 10.4 Å². The Morgan fingerprint density at radius 3 is 0.736 bits per heavy atom. The van der Waals surface area contributed by atoms with Gasteiger partial charge in [-0.25, -0.2) is 0 Å². The second-order valence-corrected chi connectivity index (χ2v) is 31.3. The first-order valence-corrected chi connectivity index (χ1v) is 28.0. The van der Waals surface area contributed by atoms with Gasteiger partial charge in [-0.05, 0) is 47.3 Å². The number of rotatable bonds is 4. The molecule has 0 N–H and O–H groups in total. The van der Waals surface area contributed by atoms with Gasteiger partial charge in [0.25, 0.3) is 13.4 Å². The summed E-state index contributed by atoms with van der Waals surface area (Å²) in [7, 11) is -1.98. The summed E-state index contributed by atoms with van der Waals surface area (Å²) in [5.74, 6) is 0. The molecule has 0 radical (unpaired) electrons. The van der Waals surface area contributed by atoms with Crippen LogP contribution in [0.3, 0.4) is 0 Å². The first-order chi connectivity index (χ1) is 22.8. The molecule has 0 heterocycles. The molecule has 0 unspecified atom stereocenters. The average Bonchev–Trinajstić information content (AvgIpc) is 3.11. The van der Waals surface area contributed by atoms with Crippen LogP contribution < -0.4 is 58.0 Å². The summed E-state index contributed by atoms with van der Waals surface area (Å²) in [4.78, 5) is 0. The average molecular weight is 939 g/mol. The van der Waals surface area contributed by atoms with Crippen LogP contribution in [0.5, 0.6) is 0 Å². The number of hydrogen-bond acceptors (Lipinski definition) is 0. The molecule has 0 saturated carbocycles. The first kappa shape index (κ1) is 59.5. The Morgan fingerprint density at radius 2 is 0.585 bits per heavy atom. The van der Waals surface area contributed by atoms with Gasteiger partial charge in [-0.3, -0.25) is 0 Å². The second-order valence-electron chi connectivity index (χ2n) is 11.0. The van der Waals surface area contributed by atoms with Gasteiger partial charge in [0.2, 0.25) is 7.38 Å². The maximum atomic E-state index is 6.73. The van der Waals surface area contributed by atoms with Crippen molar-refractivity contribution in [2.75, 3.05) is 0 Å². The summed E-state index contributed by atoms with van der Waals surface area (Å²) in [5.41, 5.74) is 1.32. The van der Waals surface area contributed by atoms with Crippen molar-refractivity contribution in [1.29, 1.82) is 0 Å². The van der Waals surface area contributed by atoms with Gasteiger partial charge in [-0.1, -0.05) is 157 Å². The van der Waals surface area contributed by atoms with Crippen molar-refractivity contribution in [2.45, 2.75) is 26.6 Å². The normalized spacial score (nSPS) is 9.60. The fraction of sp³-hybridized carbons (Fsp3) is 0.100. The predicted octanol–water partition coefficient (Wildman–Crippen LogP) is 1.23. The fourth-order valence-electron chi connectivity index (χ4n) is 4.01. The zero-order chi connectivity index (χ0) is 35.3. The minimum Gasteiger partial charge on any atom is -1.00 e. The largest absolute Gasteiger partial charge is 2.00 e. The Morgan fingerprint density at radius 1 is 0.358 bits per heavy atom. The number of benzene rings is 6. The number of halogens is 8. The fourth-order valence-corrected chi connectivity index (χ4v) is 9.80. The van der Waals surface area contributed by atoms with Gasteiger partial charge < -0.3 is 37.2 Å². The summed E-state index contributed by atoms with van der Waals surface area (Å²) in [6.07, 6.45) is 0. The third kappa shape index (κ3) is 26.4. The van der Waals surface area contributed by atoms with Gasteiger partial charge >= 0.3 is 46.1 Å². The van der Waals surface area contributed by atoms with Crippen molar-refractivity contribution in [2.24, 2.45) is 0 Å². The van der Waals surface area contributed by atoms with E-state index in [9.17, 15) is 0 Å². The van der Waals surface area contributed by atoms with Gasteiger partial charge in [0.05, 0.1) is 0 Å². The van der Waals surface area contributed by atoms with Gasteiger partial charge in [0, 0.05) is 0 Å². The summed E-state index contributed by atoms with van der Waals surface area (Å²) >= 11 is 30.6. The van der Waals surface area contributed by atoms with E-state index in [1.165, 1.54) is 15.9 Å². The molecule has 6 aromatic rings. The molecule has 0 saturated heterocycles. The van der Waals surface area contributed by atoms with Crippen LogP contribution in [0.1, 0.15) is 5.56 Å². The standard InChI is InChI=1S/C13H13ClSi.2C7H8Cl2Si.C7H8.C6H5.3ClH.2Mg/c1-15(14,12-8-4-2-5-9-12)13-10-6-3-7-11-13;2*1-10(8,9)7-5-3-2-4-6-7;1-7-5-3-2-4-6-7;1-2-4-6-5-3-1;;;;;/h2-11H,1H3;2*2-6H,1H3;2-6H,1H3;1-5H;3*1H;;/q;;;;-1;;;;2*+2/p-3. The molecule has 6 aromatic carbocycles. The zero-order valence-corrected chi connectivity index (χ0v) is 42.1. The monoisotopic (exact) mass is 934 g/mol. The van der Waals surface area contributed by atoms with E-state index >= 15 is 0 Å². The van der Waals surface area contributed by atoms with E-state index in [4.69, 9.17) is 55.4 Å². The van der Waals surface area contributed by atoms with Crippen LogP contribution in [0, 0.1) is 13.0 Å². The van der Waals surface area contributed by atoms with Crippen molar-refractivity contribution < 1.29 is 37.2 Å². The molecule has 13 heteroatoms. The smallest absolute Gasteiger partial charge is 1.00 e. The summed E-state index contributed by atoms with van der Waals surface area (Å²) < 4.78 is 0. The van der Waals surface area contributed by atoms with Crippen LogP contribution >= 0.6 is 55.4 Å². The molecule has 0 atom stereocenters. The van der Waals surface area contributed by atoms with Crippen molar-refractivity contribution in [3.05, 3.63) is 194 Å². The van der Waals surface area contributed by atoms with Crippen LogP contribution in [0.25, 0.3) is 0 Å². The van der Waals surface area contributed by atoms with Crippen LogP contribution in [-0.2, 0) is 0 Å². The van der Waals surface area contributed by atoms with Gasteiger partial charge in [-0.2, -0.15) is 47.5 Å². The zero-order valence-electron chi connectivity index (χ0n) is 30.3. The summed E-state index contributed by atoms with van der Waals surface area (Å²) in [5, 5.41) is 4.66. The maximum Gasteiger partial charge on any atom is 2.00 e. The minimum absolute atomic E-state index is 0. The van der Waals surface area contributed by atoms with Crippen molar-refractivity contribution in [3.8, 4) is 0 Å². The Bertz CT molecular complexity index is 1530. The molecule has 0 spiro atoms. The van der Waals surface area contributed by atoms with Crippen molar-refractivity contribution in [1.82, 2.24) is 0 Å². The Kier molecular flexibility index (Phi) is 36.9. The molecule has 53 heavy (non-hydrogen) atoms.